The van der Waals surface area contributed by atoms with Gasteiger partial charge in [-0.05, 0) is 24.7 Å². The van der Waals surface area contributed by atoms with E-state index in [4.69, 9.17) is 0 Å². The van der Waals surface area contributed by atoms with Crippen LogP contribution in [0.4, 0.5) is 0 Å². The Balaban J connectivity index is 4.81. The Hall–Kier alpha value is -1.06. The summed E-state index contributed by atoms with van der Waals surface area (Å²) in [6.45, 7) is 11.9. The van der Waals surface area contributed by atoms with E-state index in [1.807, 2.05) is 13.8 Å². The van der Waals surface area contributed by atoms with E-state index in [1.165, 1.54) is 167 Å². The van der Waals surface area contributed by atoms with Crippen molar-refractivity contribution in [2.24, 2.45) is 17.8 Å². The number of nitrogens with one attached hydrogen (secondary N) is 2. The number of hydrogen-bond acceptors (Lipinski definition) is 2. The van der Waals surface area contributed by atoms with Crippen LogP contribution >= 0.6 is 0 Å². The highest BCUT2D eigenvalue weighted by atomic mass is 16.2. The number of unbranched alkanes of at least 4 members (excludes halogenated alkanes) is 20. The second kappa shape index (κ2) is 33.3. The average molecular weight is 621 g/mol. The van der Waals surface area contributed by atoms with Gasteiger partial charge in [0.05, 0.1) is 0 Å². The van der Waals surface area contributed by atoms with E-state index in [9.17, 15) is 9.59 Å². The fraction of sp³-hybridized carbons (Fsp3) is 0.950. The minimum Gasteiger partial charge on any atom is -0.356 e. The summed E-state index contributed by atoms with van der Waals surface area (Å²) in [5.74, 6) is 2.20. The van der Waals surface area contributed by atoms with Crippen LogP contribution in [0.15, 0.2) is 0 Å². The Bertz CT molecular complexity index is 620. The first-order chi connectivity index (χ1) is 21.4. The molecule has 2 amide bonds. The van der Waals surface area contributed by atoms with Crippen molar-refractivity contribution in [2.45, 2.75) is 214 Å². The number of rotatable bonds is 34. The lowest BCUT2D eigenvalue weighted by Gasteiger charge is -2.28. The zero-order chi connectivity index (χ0) is 32.5. The smallest absolute Gasteiger partial charge is 0.222 e. The van der Waals surface area contributed by atoms with Gasteiger partial charge in [0.15, 0.2) is 0 Å². The van der Waals surface area contributed by atoms with Gasteiger partial charge >= 0.3 is 0 Å². The molecule has 0 aliphatic rings. The third-order valence-corrected chi connectivity index (χ3v) is 9.72. The summed E-state index contributed by atoms with van der Waals surface area (Å²) >= 11 is 0. The lowest BCUT2D eigenvalue weighted by atomic mass is 9.78. The molecule has 0 fully saturated rings. The summed E-state index contributed by atoms with van der Waals surface area (Å²) in [5.41, 5.74) is 0. The highest BCUT2D eigenvalue weighted by Crippen LogP contribution is 2.33. The molecule has 0 bridgehead atoms. The van der Waals surface area contributed by atoms with Gasteiger partial charge < -0.3 is 10.6 Å². The molecule has 2 atom stereocenters. The number of carbonyl (C=O) groups is 2. The van der Waals surface area contributed by atoms with Crippen molar-refractivity contribution >= 4 is 11.8 Å². The van der Waals surface area contributed by atoms with E-state index in [1.54, 1.807) is 6.92 Å². The second-order valence-corrected chi connectivity index (χ2v) is 14.4. The molecule has 2 unspecified atom stereocenters. The van der Waals surface area contributed by atoms with Crippen LogP contribution in [0, 0.1) is 17.8 Å². The predicted octanol–water partition coefficient (Wildman–Crippen LogP) is 12.1. The van der Waals surface area contributed by atoms with E-state index in [0.29, 0.717) is 0 Å². The maximum Gasteiger partial charge on any atom is 0.222 e. The molecule has 0 saturated heterocycles. The summed E-state index contributed by atoms with van der Waals surface area (Å²) < 4.78 is 0. The standard InChI is InChI=1S/C40H80N2O2/c1-6-8-10-12-14-18-24-30-38(32-26-20-16-22-28-34-41-37(5)43)39(31-25-19-15-13-11-9-7-2)33-27-21-17-23-29-35-42-40(44)36(3)4/h36,38-39H,6-35H2,1-5H3,(H,41,43)(H,42,44). The molecule has 0 saturated carbocycles. The number of carbonyl (C=O) groups excluding carboxylic acids is 2. The van der Waals surface area contributed by atoms with Crippen LogP contribution in [0.2, 0.25) is 0 Å². The number of hydrogen-bond donors (Lipinski definition) is 2. The Kier molecular flexibility index (Phi) is 32.5. The van der Waals surface area contributed by atoms with Crippen molar-refractivity contribution in [1.82, 2.24) is 10.6 Å². The Morgan fingerprint density at radius 1 is 0.432 bits per heavy atom. The van der Waals surface area contributed by atoms with Gasteiger partial charge in [0.1, 0.15) is 0 Å². The summed E-state index contributed by atoms with van der Waals surface area (Å²) in [7, 11) is 0. The van der Waals surface area contributed by atoms with Crippen LogP contribution < -0.4 is 10.6 Å². The van der Waals surface area contributed by atoms with Crippen LogP contribution in [0.5, 0.6) is 0 Å². The molecule has 0 aromatic rings. The zero-order valence-corrected chi connectivity index (χ0v) is 30.8. The molecule has 0 aliphatic heterocycles. The molecular weight excluding hydrogens is 540 g/mol. The van der Waals surface area contributed by atoms with Crippen molar-refractivity contribution in [3.05, 3.63) is 0 Å². The van der Waals surface area contributed by atoms with Crippen molar-refractivity contribution < 1.29 is 9.59 Å². The molecule has 262 valence electrons. The molecule has 0 rings (SSSR count). The Morgan fingerprint density at radius 2 is 0.727 bits per heavy atom. The first-order valence-electron chi connectivity index (χ1n) is 19.9. The summed E-state index contributed by atoms with van der Waals surface area (Å²) in [6.07, 6.45) is 38.3. The summed E-state index contributed by atoms with van der Waals surface area (Å²) in [6, 6.07) is 0. The first-order valence-corrected chi connectivity index (χ1v) is 19.9. The maximum atomic E-state index is 11.8. The van der Waals surface area contributed by atoms with Crippen LogP contribution in [0.3, 0.4) is 0 Å². The largest absolute Gasteiger partial charge is 0.356 e. The normalized spacial score (nSPS) is 12.9. The highest BCUT2D eigenvalue weighted by molar-refractivity contribution is 5.77. The molecule has 0 aliphatic carbocycles. The van der Waals surface area contributed by atoms with Crippen molar-refractivity contribution in [2.75, 3.05) is 13.1 Å². The molecule has 0 aromatic heterocycles. The lowest BCUT2D eigenvalue weighted by Crippen LogP contribution is -2.28. The maximum absolute atomic E-state index is 11.8. The van der Waals surface area contributed by atoms with Gasteiger partial charge in [0.25, 0.3) is 0 Å². The average Bonchev–Trinajstić information content (AvgIpc) is 3.00. The minimum absolute atomic E-state index is 0.0901. The van der Waals surface area contributed by atoms with E-state index in [-0.39, 0.29) is 17.7 Å². The fourth-order valence-corrected chi connectivity index (χ4v) is 6.76. The van der Waals surface area contributed by atoms with Gasteiger partial charge in [-0.3, -0.25) is 9.59 Å². The summed E-state index contributed by atoms with van der Waals surface area (Å²) in [5, 5.41) is 6.02. The highest BCUT2D eigenvalue weighted by Gasteiger charge is 2.20. The zero-order valence-electron chi connectivity index (χ0n) is 30.8. The van der Waals surface area contributed by atoms with Gasteiger partial charge in [-0.1, -0.05) is 195 Å². The molecule has 4 nitrogen and oxygen atoms in total. The quantitative estimate of drug-likeness (QED) is 0.0703. The van der Waals surface area contributed by atoms with Gasteiger partial charge in [-0.15, -0.1) is 0 Å². The summed E-state index contributed by atoms with van der Waals surface area (Å²) in [4.78, 5) is 22.9. The number of amides is 2. The Morgan fingerprint density at radius 3 is 1.05 bits per heavy atom. The van der Waals surface area contributed by atoms with E-state index in [0.717, 1.165) is 37.8 Å². The van der Waals surface area contributed by atoms with Crippen LogP contribution in [0.25, 0.3) is 0 Å². The Labute approximate surface area is 276 Å². The van der Waals surface area contributed by atoms with Gasteiger partial charge in [0.2, 0.25) is 11.8 Å². The third-order valence-electron chi connectivity index (χ3n) is 9.72. The van der Waals surface area contributed by atoms with E-state index in [2.05, 4.69) is 24.5 Å². The second-order valence-electron chi connectivity index (χ2n) is 14.4. The van der Waals surface area contributed by atoms with Crippen molar-refractivity contribution in [1.29, 1.82) is 0 Å². The predicted molar refractivity (Wildman–Crippen MR) is 194 cm³/mol. The molecular formula is C40H80N2O2. The van der Waals surface area contributed by atoms with Crippen molar-refractivity contribution in [3.63, 3.8) is 0 Å². The van der Waals surface area contributed by atoms with E-state index < -0.39 is 0 Å². The molecule has 0 heterocycles. The topological polar surface area (TPSA) is 58.2 Å². The van der Waals surface area contributed by atoms with Crippen LogP contribution in [-0.4, -0.2) is 24.9 Å². The van der Waals surface area contributed by atoms with Gasteiger partial charge in [0, 0.05) is 25.9 Å². The molecule has 2 N–H and O–H groups in total. The fourth-order valence-electron chi connectivity index (χ4n) is 6.76. The van der Waals surface area contributed by atoms with E-state index >= 15 is 0 Å². The van der Waals surface area contributed by atoms with Crippen molar-refractivity contribution in [3.8, 4) is 0 Å². The molecule has 0 radical (unpaired) electrons. The first kappa shape index (κ1) is 42.9. The van der Waals surface area contributed by atoms with Gasteiger partial charge in [-0.2, -0.15) is 0 Å². The molecule has 4 heteroatoms. The molecule has 0 aromatic carbocycles. The molecule has 0 spiro atoms. The molecule has 44 heavy (non-hydrogen) atoms. The monoisotopic (exact) mass is 621 g/mol. The lowest BCUT2D eigenvalue weighted by molar-refractivity contribution is -0.124. The van der Waals surface area contributed by atoms with Gasteiger partial charge in [-0.25, -0.2) is 0 Å². The third kappa shape index (κ3) is 29.6. The van der Waals surface area contributed by atoms with Crippen LogP contribution in [0.1, 0.15) is 214 Å². The van der Waals surface area contributed by atoms with Crippen LogP contribution in [-0.2, 0) is 9.59 Å². The SMILES string of the molecule is CCCCCCCCCC(CCCCCCCNC(C)=O)C(CCCCCCCCC)CCCCCCCNC(=O)C(C)C. The minimum atomic E-state index is 0.0901.